The summed E-state index contributed by atoms with van der Waals surface area (Å²) in [6.45, 7) is 2.63. The number of amides is 1. The monoisotopic (exact) mass is 515 g/mol. The zero-order valence-corrected chi connectivity index (χ0v) is 19.7. The fourth-order valence-electron chi connectivity index (χ4n) is 3.11. The number of carbonyl (C=O) groups is 1. The molecule has 0 radical (unpaired) electrons. The van der Waals surface area contributed by atoms with Crippen LogP contribution in [0.25, 0.3) is 0 Å². The molecule has 0 bridgehead atoms. The van der Waals surface area contributed by atoms with Gasteiger partial charge in [-0.15, -0.1) is 0 Å². The van der Waals surface area contributed by atoms with Gasteiger partial charge in [-0.1, -0.05) is 34.8 Å². The van der Waals surface area contributed by atoms with Crippen molar-refractivity contribution in [2.75, 3.05) is 33.3 Å². The smallest absolute Gasteiger partial charge is 0.436 e. The molecule has 13 heteroatoms. The predicted molar refractivity (Wildman–Crippen MR) is 117 cm³/mol. The van der Waals surface area contributed by atoms with Crippen molar-refractivity contribution in [2.45, 2.75) is 26.2 Å². The highest BCUT2D eigenvalue weighted by Crippen LogP contribution is 2.35. The molecule has 1 fully saturated rings. The van der Waals surface area contributed by atoms with E-state index in [0.29, 0.717) is 42.7 Å². The van der Waals surface area contributed by atoms with Crippen LogP contribution in [0.2, 0.25) is 5.02 Å². The summed E-state index contributed by atoms with van der Waals surface area (Å²) in [6.07, 6.45) is -1.45. The van der Waals surface area contributed by atoms with Crippen LogP contribution >= 0.6 is 34.8 Å². The summed E-state index contributed by atoms with van der Waals surface area (Å²) in [5.41, 5.74) is 6.19. The number of halogens is 6. The van der Waals surface area contributed by atoms with Crippen LogP contribution in [0.1, 0.15) is 18.3 Å². The number of aromatic nitrogens is 2. The molecule has 32 heavy (non-hydrogen) atoms. The summed E-state index contributed by atoms with van der Waals surface area (Å²) >= 11 is 17.8. The number of piperazine rings is 1. The van der Waals surface area contributed by atoms with Crippen LogP contribution in [-0.2, 0) is 28.8 Å². The van der Waals surface area contributed by atoms with Crippen molar-refractivity contribution in [3.05, 3.63) is 50.6 Å². The van der Waals surface area contributed by atoms with E-state index in [1.165, 1.54) is 23.6 Å². The van der Waals surface area contributed by atoms with E-state index in [9.17, 15) is 18.0 Å². The van der Waals surface area contributed by atoms with E-state index in [4.69, 9.17) is 45.3 Å². The van der Waals surface area contributed by atoms with E-state index >= 15 is 0 Å². The quantitative estimate of drug-likeness (QED) is 0.439. The fraction of sp³-hybridized carbons (Fsp3) is 0.474. The van der Waals surface area contributed by atoms with Gasteiger partial charge in [-0.3, -0.25) is 9.48 Å². The zero-order valence-electron chi connectivity index (χ0n) is 17.4. The largest absolute Gasteiger partial charge is 0.501 e. The molecule has 0 aromatic carbocycles. The summed E-state index contributed by atoms with van der Waals surface area (Å²) in [5, 5.41) is 3.28. The lowest BCUT2D eigenvalue weighted by Crippen LogP contribution is -2.49. The maximum atomic E-state index is 13.1. The van der Waals surface area contributed by atoms with Gasteiger partial charge in [0.2, 0.25) is 5.91 Å². The molecule has 178 valence electrons. The third kappa shape index (κ3) is 6.34. The average Bonchev–Trinajstić information content (AvgIpc) is 3.07. The molecule has 1 aromatic heterocycles. The first-order valence-corrected chi connectivity index (χ1v) is 10.7. The topological polar surface area (TPSA) is 76.6 Å². The molecule has 2 heterocycles. The average molecular weight is 517 g/mol. The number of hydrogen-bond acceptors (Lipinski definition) is 5. The Morgan fingerprint density at radius 1 is 1.25 bits per heavy atom. The summed E-state index contributed by atoms with van der Waals surface area (Å²) in [7, 11) is 1.53. The lowest BCUT2D eigenvalue weighted by molar-refractivity contribution is -0.142. The van der Waals surface area contributed by atoms with Crippen molar-refractivity contribution in [3.63, 3.8) is 0 Å². The van der Waals surface area contributed by atoms with E-state index in [0.717, 1.165) is 4.68 Å². The van der Waals surface area contributed by atoms with Gasteiger partial charge in [-0.2, -0.15) is 18.3 Å². The first-order valence-electron chi connectivity index (χ1n) is 9.47. The van der Waals surface area contributed by atoms with Crippen LogP contribution in [-0.4, -0.2) is 58.8 Å². The Bertz CT molecular complexity index is 920. The Hall–Kier alpha value is -1.88. The Morgan fingerprint density at radius 3 is 2.34 bits per heavy atom. The number of hydrogen-bond donors (Lipinski definition) is 1. The summed E-state index contributed by atoms with van der Waals surface area (Å²) in [4.78, 5) is 16.2. The highest BCUT2D eigenvalue weighted by atomic mass is 35.5. The first kappa shape index (κ1) is 26.4. The fourth-order valence-corrected chi connectivity index (χ4v) is 3.86. The molecule has 0 unspecified atom stereocenters. The van der Waals surface area contributed by atoms with Crippen LogP contribution in [0.4, 0.5) is 13.2 Å². The summed E-state index contributed by atoms with van der Waals surface area (Å²) < 4.78 is 45.4. The van der Waals surface area contributed by atoms with E-state index in [1.54, 1.807) is 13.0 Å². The second kappa shape index (κ2) is 11.3. The van der Waals surface area contributed by atoms with E-state index in [1.807, 2.05) is 4.90 Å². The molecule has 1 amide bonds. The van der Waals surface area contributed by atoms with Gasteiger partial charge in [0, 0.05) is 44.3 Å². The van der Waals surface area contributed by atoms with Crippen molar-refractivity contribution in [1.29, 1.82) is 0 Å². The zero-order chi connectivity index (χ0) is 24.1. The number of nitrogens with zero attached hydrogens (tertiary/aromatic N) is 4. The Labute approximate surface area is 198 Å². The van der Waals surface area contributed by atoms with E-state index < -0.39 is 29.3 Å². The Kier molecular flexibility index (Phi) is 9.32. The lowest BCUT2D eigenvalue weighted by atomic mass is 10.2. The van der Waals surface area contributed by atoms with Gasteiger partial charge in [0.15, 0.2) is 5.69 Å². The number of allylic oxidation sites excluding steroid dienone is 4. The number of ether oxygens (including phenoxy) is 1. The standard InChI is InChI=1S/C19H23Cl3F3N5O2/c1-12(32-2)9-14(13(21)3-4-20)28-5-7-29(8-6-28)16(31)11-30-15(10-26)17(22)18(27-30)19(23,24)25/h3-4,9H,5-8,10-11,26H2,1-2H3/b4-3+,12-9+,14-13-. The third-order valence-electron chi connectivity index (χ3n) is 4.83. The first-order chi connectivity index (χ1) is 15.0. The second-order valence-electron chi connectivity index (χ2n) is 6.82. The highest BCUT2D eigenvalue weighted by molar-refractivity contribution is 6.33. The molecular formula is C19H23Cl3F3N5O2. The highest BCUT2D eigenvalue weighted by Gasteiger charge is 2.39. The van der Waals surface area contributed by atoms with Gasteiger partial charge in [-0.05, 0) is 13.0 Å². The SMILES string of the molecule is CO/C(C)=C/C(=C(Cl)\C=C\Cl)N1CCN(C(=O)Cn2nc(C(F)(F)F)c(Cl)c2CN)CC1. The third-order valence-corrected chi connectivity index (χ3v) is 5.67. The molecular weight excluding hydrogens is 494 g/mol. The van der Waals surface area contributed by atoms with Gasteiger partial charge in [0.25, 0.3) is 0 Å². The number of carbonyl (C=O) groups excluding carboxylic acids is 1. The van der Waals surface area contributed by atoms with Crippen LogP contribution in [0.15, 0.2) is 34.2 Å². The number of methoxy groups -OCH3 is 1. The maximum absolute atomic E-state index is 13.1. The predicted octanol–water partition coefficient (Wildman–Crippen LogP) is 3.91. The normalized spacial score (nSPS) is 16.6. The van der Waals surface area contributed by atoms with Crippen LogP contribution < -0.4 is 5.73 Å². The number of alkyl halides is 3. The molecule has 1 aliphatic rings. The maximum Gasteiger partial charge on any atom is 0.436 e. The van der Waals surface area contributed by atoms with Crippen molar-refractivity contribution >= 4 is 40.7 Å². The lowest BCUT2D eigenvalue weighted by Gasteiger charge is -2.37. The summed E-state index contributed by atoms with van der Waals surface area (Å²) in [6, 6.07) is 0. The molecule has 1 aliphatic heterocycles. The minimum Gasteiger partial charge on any atom is -0.501 e. The molecule has 0 aliphatic carbocycles. The molecule has 0 spiro atoms. The van der Waals surface area contributed by atoms with Gasteiger partial charge in [0.05, 0.1) is 34.3 Å². The van der Waals surface area contributed by atoms with Crippen molar-refractivity contribution in [2.24, 2.45) is 5.73 Å². The molecule has 1 aromatic rings. The Balaban J connectivity index is 2.14. The van der Waals surface area contributed by atoms with Gasteiger partial charge in [-0.25, -0.2) is 0 Å². The number of nitrogens with two attached hydrogens (primary N) is 1. The second-order valence-corrected chi connectivity index (χ2v) is 7.86. The van der Waals surface area contributed by atoms with Crippen LogP contribution in [0.5, 0.6) is 0 Å². The van der Waals surface area contributed by atoms with Crippen molar-refractivity contribution in [3.8, 4) is 0 Å². The van der Waals surface area contributed by atoms with Crippen LogP contribution in [0.3, 0.4) is 0 Å². The number of rotatable bonds is 7. The molecule has 1 saturated heterocycles. The molecule has 0 atom stereocenters. The minimum absolute atomic E-state index is 0.0454. The van der Waals surface area contributed by atoms with Gasteiger partial charge in [0.1, 0.15) is 6.54 Å². The molecule has 2 rings (SSSR count). The molecule has 2 N–H and O–H groups in total. The van der Waals surface area contributed by atoms with E-state index in [2.05, 4.69) is 5.10 Å². The van der Waals surface area contributed by atoms with E-state index in [-0.39, 0.29) is 12.2 Å². The van der Waals surface area contributed by atoms with Crippen LogP contribution in [0, 0.1) is 0 Å². The van der Waals surface area contributed by atoms with Crippen molar-refractivity contribution in [1.82, 2.24) is 19.6 Å². The van der Waals surface area contributed by atoms with Gasteiger partial charge >= 0.3 is 6.18 Å². The van der Waals surface area contributed by atoms with Crippen molar-refractivity contribution < 1.29 is 22.7 Å². The van der Waals surface area contributed by atoms with Gasteiger partial charge < -0.3 is 20.3 Å². The minimum atomic E-state index is -4.74. The molecule has 0 saturated carbocycles. The Morgan fingerprint density at radius 2 is 1.84 bits per heavy atom. The summed E-state index contributed by atoms with van der Waals surface area (Å²) in [5.74, 6) is 0.234. The molecule has 7 nitrogen and oxygen atoms in total.